The van der Waals surface area contributed by atoms with E-state index in [2.05, 4.69) is 0 Å². The summed E-state index contributed by atoms with van der Waals surface area (Å²) in [6, 6.07) is 3.77. The van der Waals surface area contributed by atoms with Crippen LogP contribution >= 0.6 is 0 Å². The van der Waals surface area contributed by atoms with Gasteiger partial charge in [-0.2, -0.15) is 0 Å². The van der Waals surface area contributed by atoms with Gasteiger partial charge in [-0.05, 0) is 44.4 Å². The van der Waals surface area contributed by atoms with Gasteiger partial charge in [-0.3, -0.25) is 9.59 Å². The molecule has 1 aromatic carbocycles. The number of amides is 1. The van der Waals surface area contributed by atoms with Crippen LogP contribution in [0.15, 0.2) is 18.2 Å². The van der Waals surface area contributed by atoms with Crippen molar-refractivity contribution in [1.29, 1.82) is 0 Å². The second kappa shape index (κ2) is 5.94. The fraction of sp³-hybridized carbons (Fsp3) is 0.467. The first kappa shape index (κ1) is 14.4. The summed E-state index contributed by atoms with van der Waals surface area (Å²) in [6.07, 6.45) is 3.02. The fourth-order valence-electron chi connectivity index (χ4n) is 2.66. The Morgan fingerprint density at radius 3 is 2.75 bits per heavy atom. The minimum atomic E-state index is -0.329. The van der Waals surface area contributed by atoms with Crippen molar-refractivity contribution >= 4 is 11.7 Å². The molecule has 1 aliphatic rings. The van der Waals surface area contributed by atoms with Crippen molar-refractivity contribution in [2.45, 2.75) is 38.6 Å². The lowest BCUT2D eigenvalue weighted by atomic mass is 9.96. The van der Waals surface area contributed by atoms with Gasteiger partial charge in [-0.25, -0.2) is 0 Å². The largest absolute Gasteiger partial charge is 0.508 e. The minimum absolute atomic E-state index is 0.0508. The van der Waals surface area contributed by atoms with Crippen molar-refractivity contribution in [3.8, 4) is 11.5 Å². The van der Waals surface area contributed by atoms with Gasteiger partial charge in [-0.1, -0.05) is 0 Å². The van der Waals surface area contributed by atoms with Crippen LogP contribution in [0.2, 0.25) is 0 Å². The molecule has 5 heteroatoms. The molecule has 1 saturated heterocycles. The number of phenolic OH excluding ortho intramolecular Hbond substituents is 2. The second-order valence-electron chi connectivity index (χ2n) is 5.26. The SMILES string of the molecule is CC(=O)CC1CCCCN1C(=O)c1cc(O)ccc1O. The Morgan fingerprint density at radius 2 is 2.05 bits per heavy atom. The molecule has 1 amide bonds. The van der Waals surface area contributed by atoms with E-state index in [0.29, 0.717) is 13.0 Å². The zero-order chi connectivity index (χ0) is 14.7. The smallest absolute Gasteiger partial charge is 0.258 e. The molecule has 0 radical (unpaired) electrons. The molecule has 1 fully saturated rings. The van der Waals surface area contributed by atoms with Gasteiger partial charge in [0.1, 0.15) is 17.3 Å². The van der Waals surface area contributed by atoms with Crippen LogP contribution in [0, 0.1) is 0 Å². The van der Waals surface area contributed by atoms with E-state index >= 15 is 0 Å². The van der Waals surface area contributed by atoms with Crippen molar-refractivity contribution in [3.63, 3.8) is 0 Å². The molecule has 1 aliphatic heterocycles. The van der Waals surface area contributed by atoms with Crippen LogP contribution in [-0.2, 0) is 4.79 Å². The van der Waals surface area contributed by atoms with Gasteiger partial charge in [0.25, 0.3) is 5.91 Å². The Bertz CT molecular complexity index is 527. The average molecular weight is 277 g/mol. The van der Waals surface area contributed by atoms with Gasteiger partial charge < -0.3 is 15.1 Å². The third-order valence-electron chi connectivity index (χ3n) is 3.62. The van der Waals surface area contributed by atoms with Crippen LogP contribution in [0.1, 0.15) is 43.0 Å². The molecule has 0 aromatic heterocycles. The predicted octanol–water partition coefficient (Wildman–Crippen LogP) is 2.07. The minimum Gasteiger partial charge on any atom is -0.508 e. The molecule has 0 aliphatic carbocycles. The van der Waals surface area contributed by atoms with Gasteiger partial charge in [0.2, 0.25) is 0 Å². The highest BCUT2D eigenvalue weighted by atomic mass is 16.3. The standard InChI is InChI=1S/C15H19NO4/c1-10(17)8-11-4-2-3-7-16(11)15(20)13-9-12(18)5-6-14(13)19/h5-6,9,11,18-19H,2-4,7-8H2,1H3. The first-order chi connectivity index (χ1) is 9.49. The van der Waals surface area contributed by atoms with Crippen LogP contribution in [0.4, 0.5) is 0 Å². The molecule has 2 N–H and O–H groups in total. The van der Waals surface area contributed by atoms with Gasteiger partial charge in [0, 0.05) is 19.0 Å². The number of ketones is 1. The number of likely N-dealkylation sites (tertiary alicyclic amines) is 1. The highest BCUT2D eigenvalue weighted by Crippen LogP contribution is 2.27. The van der Waals surface area contributed by atoms with Crippen LogP contribution < -0.4 is 0 Å². The molecule has 5 nitrogen and oxygen atoms in total. The summed E-state index contributed by atoms with van der Waals surface area (Å²) >= 11 is 0. The molecule has 1 unspecified atom stereocenters. The molecule has 20 heavy (non-hydrogen) atoms. The zero-order valence-electron chi connectivity index (χ0n) is 11.5. The monoisotopic (exact) mass is 277 g/mol. The Balaban J connectivity index is 2.25. The van der Waals surface area contributed by atoms with Gasteiger partial charge in [0.15, 0.2) is 0 Å². The van der Waals surface area contributed by atoms with Crippen molar-refractivity contribution in [2.24, 2.45) is 0 Å². The number of carbonyl (C=O) groups is 2. The van der Waals surface area contributed by atoms with E-state index in [4.69, 9.17) is 0 Å². The highest BCUT2D eigenvalue weighted by molar-refractivity contribution is 5.97. The Kier molecular flexibility index (Phi) is 4.27. The maximum atomic E-state index is 12.5. The summed E-state index contributed by atoms with van der Waals surface area (Å²) in [7, 11) is 0. The number of phenols is 2. The van der Waals surface area contributed by atoms with Crippen molar-refractivity contribution in [1.82, 2.24) is 4.90 Å². The number of hydrogen-bond acceptors (Lipinski definition) is 4. The van der Waals surface area contributed by atoms with E-state index < -0.39 is 0 Å². The summed E-state index contributed by atoms with van der Waals surface area (Å²) < 4.78 is 0. The molecule has 1 aromatic rings. The highest BCUT2D eigenvalue weighted by Gasteiger charge is 2.29. The Hall–Kier alpha value is -2.04. The van der Waals surface area contributed by atoms with E-state index in [9.17, 15) is 19.8 Å². The Morgan fingerprint density at radius 1 is 1.30 bits per heavy atom. The van der Waals surface area contributed by atoms with Gasteiger partial charge in [0.05, 0.1) is 5.56 Å². The molecule has 0 saturated carbocycles. The van der Waals surface area contributed by atoms with Crippen LogP contribution in [-0.4, -0.2) is 39.4 Å². The first-order valence-electron chi connectivity index (χ1n) is 6.81. The summed E-state index contributed by atoms with van der Waals surface area (Å²) in [4.78, 5) is 25.5. The number of rotatable bonds is 3. The Labute approximate surface area is 117 Å². The summed E-state index contributed by atoms with van der Waals surface area (Å²) in [5, 5.41) is 19.2. The second-order valence-corrected chi connectivity index (χ2v) is 5.26. The van der Waals surface area contributed by atoms with E-state index in [1.165, 1.54) is 25.1 Å². The number of benzene rings is 1. The van der Waals surface area contributed by atoms with E-state index in [1.807, 2.05) is 0 Å². The molecule has 0 bridgehead atoms. The predicted molar refractivity (Wildman–Crippen MR) is 73.7 cm³/mol. The van der Waals surface area contributed by atoms with Crippen molar-refractivity contribution in [3.05, 3.63) is 23.8 Å². The average Bonchev–Trinajstić information content (AvgIpc) is 2.41. The van der Waals surface area contributed by atoms with Crippen LogP contribution in [0.5, 0.6) is 11.5 Å². The molecule has 1 atom stereocenters. The third-order valence-corrected chi connectivity index (χ3v) is 3.62. The third kappa shape index (κ3) is 3.10. The summed E-state index contributed by atoms with van der Waals surface area (Å²) in [6.45, 7) is 2.09. The summed E-state index contributed by atoms with van der Waals surface area (Å²) in [5.41, 5.74) is 0.0838. The van der Waals surface area contributed by atoms with E-state index in [-0.39, 0.29) is 34.8 Å². The topological polar surface area (TPSA) is 77.8 Å². The molecular weight excluding hydrogens is 258 g/mol. The molecule has 108 valence electrons. The first-order valence-corrected chi connectivity index (χ1v) is 6.81. The van der Waals surface area contributed by atoms with E-state index in [0.717, 1.165) is 19.3 Å². The van der Waals surface area contributed by atoms with Crippen LogP contribution in [0.25, 0.3) is 0 Å². The maximum Gasteiger partial charge on any atom is 0.258 e. The number of Topliss-reactive ketones (excluding diaryl/α,β-unsaturated/α-hetero) is 1. The number of carbonyl (C=O) groups excluding carboxylic acids is 2. The normalized spacial score (nSPS) is 18.9. The molecular formula is C15H19NO4. The maximum absolute atomic E-state index is 12.5. The number of aromatic hydroxyl groups is 2. The lowest BCUT2D eigenvalue weighted by Gasteiger charge is -2.35. The lowest BCUT2D eigenvalue weighted by molar-refractivity contribution is -0.118. The lowest BCUT2D eigenvalue weighted by Crippen LogP contribution is -2.44. The van der Waals surface area contributed by atoms with Crippen LogP contribution in [0.3, 0.4) is 0 Å². The fourth-order valence-corrected chi connectivity index (χ4v) is 2.66. The zero-order valence-corrected chi connectivity index (χ0v) is 11.5. The number of nitrogens with zero attached hydrogens (tertiary/aromatic N) is 1. The van der Waals surface area contributed by atoms with Crippen molar-refractivity contribution < 1.29 is 19.8 Å². The number of hydrogen-bond donors (Lipinski definition) is 2. The molecule has 1 heterocycles. The summed E-state index contributed by atoms with van der Waals surface area (Å²) in [5.74, 6) is -0.495. The van der Waals surface area contributed by atoms with E-state index in [1.54, 1.807) is 4.90 Å². The van der Waals surface area contributed by atoms with Gasteiger partial charge >= 0.3 is 0 Å². The molecule has 2 rings (SSSR count). The molecule has 0 spiro atoms. The quantitative estimate of drug-likeness (QED) is 0.829. The van der Waals surface area contributed by atoms with Crippen molar-refractivity contribution in [2.75, 3.05) is 6.54 Å². The number of piperidine rings is 1. The van der Waals surface area contributed by atoms with Gasteiger partial charge in [-0.15, -0.1) is 0 Å².